The van der Waals surface area contributed by atoms with Crippen LogP contribution in [0.25, 0.3) is 21.6 Å². The molecule has 450 valence electrons. The number of anilines is 2. The molecule has 7 N–H and O–H groups in total. The van der Waals surface area contributed by atoms with Gasteiger partial charge in [0.1, 0.15) is 17.9 Å². The van der Waals surface area contributed by atoms with Crippen molar-refractivity contribution in [2.24, 2.45) is 5.41 Å². The summed E-state index contributed by atoms with van der Waals surface area (Å²) >= 11 is 1.47. The second-order valence-electron chi connectivity index (χ2n) is 23.2. The van der Waals surface area contributed by atoms with Gasteiger partial charge in [0.2, 0.25) is 23.3 Å². The number of nitrogens with one attached hydrogen (secondary N) is 6. The fourth-order valence-electron chi connectivity index (χ4n) is 10.6. The van der Waals surface area contributed by atoms with E-state index in [-0.39, 0.29) is 79.8 Å². The number of piperazine rings is 1. The van der Waals surface area contributed by atoms with Crippen molar-refractivity contribution >= 4 is 58.2 Å². The third-order valence-electron chi connectivity index (χ3n) is 15.8. The van der Waals surface area contributed by atoms with E-state index in [1.54, 1.807) is 50.5 Å². The molecule has 84 heavy (non-hydrogen) atoms. The molecule has 6 atom stereocenters. The van der Waals surface area contributed by atoms with Crippen LogP contribution in [0, 0.1) is 18.2 Å². The maximum atomic E-state index is 16.0. The minimum atomic E-state index is -5.01. The van der Waals surface area contributed by atoms with Crippen LogP contribution < -0.4 is 37.0 Å². The number of halogens is 5. The second kappa shape index (κ2) is 25.7. The molecule has 0 radical (unpaired) electrons. The Morgan fingerprint density at radius 1 is 0.857 bits per heavy atom. The van der Waals surface area contributed by atoms with Crippen LogP contribution in [-0.2, 0) is 25.4 Å². The average molecular weight is 1190 g/mol. The van der Waals surface area contributed by atoms with Gasteiger partial charge in [-0.15, -0.1) is 11.3 Å². The van der Waals surface area contributed by atoms with E-state index in [4.69, 9.17) is 0 Å². The highest BCUT2D eigenvalue weighted by Gasteiger charge is 2.53. The van der Waals surface area contributed by atoms with Gasteiger partial charge in [-0.2, -0.15) is 13.2 Å². The number of thiazole rings is 1. The number of pyridine rings is 1. The number of alkyl halides is 4. The number of unbranched alkanes of at least 4 members (excludes halogenated alkanes) is 2. The zero-order chi connectivity index (χ0) is 61.0. The third-order valence-corrected chi connectivity index (χ3v) is 16.8. The molecule has 1 aliphatic carbocycles. The van der Waals surface area contributed by atoms with E-state index in [1.165, 1.54) is 34.4 Å². The summed E-state index contributed by atoms with van der Waals surface area (Å²) < 4.78 is 72.8. The number of aromatic nitrogens is 2. The molecule has 8 rings (SSSR count). The van der Waals surface area contributed by atoms with Crippen molar-refractivity contribution in [1.29, 1.82) is 0 Å². The number of H-pyrrole nitrogens is 1. The fourth-order valence-corrected chi connectivity index (χ4v) is 11.4. The predicted molar refractivity (Wildman–Crippen MR) is 308 cm³/mol. The number of carbonyl (C=O) groups is 6. The normalized spacial score (nSPS) is 19.5. The van der Waals surface area contributed by atoms with E-state index in [2.05, 4.69) is 41.5 Å². The summed E-state index contributed by atoms with van der Waals surface area (Å²) in [5.74, 6) is -5.03. The Balaban J connectivity index is 0.868. The number of benzene rings is 3. The Hall–Kier alpha value is -7.57. The molecule has 0 bridgehead atoms. The van der Waals surface area contributed by atoms with Gasteiger partial charge in [-0.1, -0.05) is 57.2 Å². The molecule has 2 aromatic heterocycles. The number of likely N-dealkylation sites (tertiary alicyclic amines) is 1. The van der Waals surface area contributed by atoms with E-state index < -0.39 is 99.4 Å². The molecule has 1 saturated carbocycles. The van der Waals surface area contributed by atoms with Crippen LogP contribution in [0.1, 0.15) is 123 Å². The lowest BCUT2D eigenvalue weighted by atomic mass is 9.85. The van der Waals surface area contributed by atoms with Gasteiger partial charge >= 0.3 is 6.18 Å². The lowest BCUT2D eigenvalue weighted by Crippen LogP contribution is -2.59. The van der Waals surface area contributed by atoms with Gasteiger partial charge in [0, 0.05) is 74.6 Å². The zero-order valence-electron chi connectivity index (χ0n) is 47.8. The van der Waals surface area contributed by atoms with Gasteiger partial charge < -0.3 is 46.5 Å². The summed E-state index contributed by atoms with van der Waals surface area (Å²) in [5.41, 5.74) is -1.21. The van der Waals surface area contributed by atoms with Crippen molar-refractivity contribution in [3.05, 3.63) is 123 Å². The Kier molecular flexibility index (Phi) is 19.1. The Morgan fingerprint density at radius 3 is 2.14 bits per heavy atom. The topological polar surface area (TPSA) is 238 Å². The van der Waals surface area contributed by atoms with Crippen LogP contribution in [0.2, 0.25) is 0 Å². The number of hydrogen-bond acceptors (Lipinski definition) is 12. The first kappa shape index (κ1) is 62.5. The number of aliphatic hydroxyl groups excluding tert-OH is 1. The third kappa shape index (κ3) is 14.8. The van der Waals surface area contributed by atoms with Crippen molar-refractivity contribution in [3.8, 4) is 21.6 Å². The van der Waals surface area contributed by atoms with Crippen LogP contribution in [0.5, 0.6) is 0 Å². The molecule has 18 nitrogen and oxygen atoms in total. The van der Waals surface area contributed by atoms with Crippen molar-refractivity contribution in [1.82, 2.24) is 41.0 Å². The molecule has 0 spiro atoms. The van der Waals surface area contributed by atoms with Crippen molar-refractivity contribution in [2.75, 3.05) is 50.0 Å². The molecular weight excluding hydrogens is 1120 g/mol. The quantitative estimate of drug-likeness (QED) is 0.0295. The molecule has 5 aromatic rings. The highest BCUT2D eigenvalue weighted by atomic mass is 32.1. The molecule has 24 heteroatoms. The summed E-state index contributed by atoms with van der Waals surface area (Å²) in [5, 5.41) is 24.6. The van der Waals surface area contributed by atoms with Gasteiger partial charge in [-0.3, -0.25) is 38.5 Å². The molecule has 3 fully saturated rings. The number of aliphatic hydroxyl groups is 1. The lowest BCUT2D eigenvalue weighted by molar-refractivity contribution is -0.145. The van der Waals surface area contributed by atoms with Gasteiger partial charge in [-0.25, -0.2) is 13.8 Å². The van der Waals surface area contributed by atoms with Crippen molar-refractivity contribution in [3.63, 3.8) is 0 Å². The maximum Gasteiger partial charge on any atom is 0.417 e. The Bertz CT molecular complexity index is 3310. The standard InChI is InChI=1S/C60H71F5N10O8S/c1-33-29-74(30-34(2)73(33)7)47-18-16-38(24-46(47)71-54(80)42-28-68-49(77)26-43(42)60(63,64)65)41-17-15-39(23-44(41)61)53(79)67-22-10-8-9-21-66-50(78)27-45(36-11-13-37(14-12-36)51-35(3)69-32-84-51)70-55(81)48-25-40(76)31-75(48)56(82)52(58(4,5)6)72-57(83)59(62)19-20-59/h11-18,23-24,26,28,32-34,40,45,48,52,76H,8-10,19-22,25,27,29-31H2,1-7H3,(H,66,78)(H,67,79)(H,68,77)(H,70,81)(H,71,80)(H,72,83)/t33-,34+,40-,45?,48+,52?/m1/s1. The summed E-state index contributed by atoms with van der Waals surface area (Å²) in [6.45, 7) is 12.3. The van der Waals surface area contributed by atoms with Gasteiger partial charge in [0.15, 0.2) is 5.67 Å². The predicted octanol–water partition coefficient (Wildman–Crippen LogP) is 7.67. The average Bonchev–Trinajstić information content (AvgIpc) is 3.47. The van der Waals surface area contributed by atoms with Gasteiger partial charge in [0.25, 0.3) is 17.7 Å². The van der Waals surface area contributed by atoms with E-state index >= 15 is 4.39 Å². The molecule has 3 aromatic carbocycles. The minimum Gasteiger partial charge on any atom is -0.391 e. The van der Waals surface area contributed by atoms with Crippen molar-refractivity contribution < 1.29 is 55.8 Å². The molecule has 2 aliphatic heterocycles. The molecular formula is C60H71F5N10O8S. The molecule has 2 saturated heterocycles. The number of aromatic amines is 1. The number of rotatable bonds is 20. The van der Waals surface area contributed by atoms with Gasteiger partial charge in [-0.05, 0) is 106 Å². The largest absolute Gasteiger partial charge is 0.417 e. The lowest BCUT2D eigenvalue weighted by Gasteiger charge is -2.44. The summed E-state index contributed by atoms with van der Waals surface area (Å²) in [6, 6.07) is 13.1. The maximum absolute atomic E-state index is 16.0. The van der Waals surface area contributed by atoms with Crippen LogP contribution in [0.15, 0.2) is 83.2 Å². The van der Waals surface area contributed by atoms with E-state index in [0.717, 1.165) is 22.2 Å². The highest BCUT2D eigenvalue weighted by Crippen LogP contribution is 2.41. The minimum absolute atomic E-state index is 0.0210. The fraction of sp³-hybridized carbons (Fsp3) is 0.467. The first-order valence-electron chi connectivity index (χ1n) is 28.0. The van der Waals surface area contributed by atoms with E-state index in [1.807, 2.05) is 44.9 Å². The van der Waals surface area contributed by atoms with E-state index in [0.29, 0.717) is 55.9 Å². The van der Waals surface area contributed by atoms with Crippen LogP contribution in [0.3, 0.4) is 0 Å². The summed E-state index contributed by atoms with van der Waals surface area (Å²) in [6.07, 6.45) is -4.00. The highest BCUT2D eigenvalue weighted by molar-refractivity contribution is 7.13. The number of nitrogens with zero attached hydrogens (tertiary/aromatic N) is 4. The Labute approximate surface area is 487 Å². The van der Waals surface area contributed by atoms with Crippen LogP contribution in [-0.4, -0.2) is 136 Å². The number of aryl methyl sites for hydroxylation is 1. The molecule has 6 amide bonds. The summed E-state index contributed by atoms with van der Waals surface area (Å²) in [4.78, 5) is 106. The van der Waals surface area contributed by atoms with E-state index in [9.17, 15) is 56.2 Å². The van der Waals surface area contributed by atoms with Gasteiger partial charge in [0.05, 0.1) is 57.1 Å². The monoisotopic (exact) mass is 1190 g/mol. The smallest absolute Gasteiger partial charge is 0.391 e. The SMILES string of the molecule is Cc1ncsc1-c1ccc(C(CC(=O)NCCCCCNC(=O)c2ccc(-c3ccc(N4C[C@@H](C)N(C)[C@@H](C)C4)c(NC(=O)c4c[nH]c(=O)cc4C(F)(F)F)c3)c(F)c2)NC(=O)[C@@H]2C[C@@H](O)CN2C(=O)C(NC(=O)C2(F)CC2)C(C)(C)C)cc1. The number of likely N-dealkylation sites (N-methyl/N-ethyl adjacent to an activating group) is 1. The second-order valence-corrected chi connectivity index (χ2v) is 24.1. The molecule has 3 aliphatic rings. The number of hydrogen-bond donors (Lipinski definition) is 7. The van der Waals surface area contributed by atoms with Crippen molar-refractivity contribution in [2.45, 2.75) is 135 Å². The number of amides is 6. The summed E-state index contributed by atoms with van der Waals surface area (Å²) in [7, 11) is 1.98. The number of carbonyl (C=O) groups excluding carboxylic acids is 6. The Morgan fingerprint density at radius 2 is 1.52 bits per heavy atom. The zero-order valence-corrected chi connectivity index (χ0v) is 48.7. The first-order valence-corrected chi connectivity index (χ1v) is 28.9. The first-order chi connectivity index (χ1) is 39.6. The molecule has 2 unspecified atom stereocenters. The van der Waals surface area contributed by atoms with Crippen LogP contribution >= 0.6 is 11.3 Å². The number of β-amino-alcohol motifs (C(OH)–C–C–N with tert-alkyl or cyclic N) is 1. The molecule has 4 heterocycles. The van der Waals surface area contributed by atoms with Crippen LogP contribution in [0.4, 0.5) is 33.3 Å².